The van der Waals surface area contributed by atoms with E-state index in [4.69, 9.17) is 0 Å². The summed E-state index contributed by atoms with van der Waals surface area (Å²) < 4.78 is 0. The standard InChI is InChI=1S/C15H22/c1-10(2)14-11(3)8-13(9-12(14)4)15(5,6)7/h8-9H,1H2,2-7H3. The second-order valence-electron chi connectivity index (χ2n) is 5.52. The van der Waals surface area contributed by atoms with E-state index in [1.165, 1.54) is 22.3 Å². The molecule has 0 radical (unpaired) electrons. The summed E-state index contributed by atoms with van der Waals surface area (Å²) in [4.78, 5) is 0. The van der Waals surface area contributed by atoms with Crippen molar-refractivity contribution < 1.29 is 0 Å². The van der Waals surface area contributed by atoms with E-state index in [9.17, 15) is 0 Å². The van der Waals surface area contributed by atoms with E-state index in [2.05, 4.69) is 60.3 Å². The van der Waals surface area contributed by atoms with Crippen LogP contribution >= 0.6 is 0 Å². The fourth-order valence-electron chi connectivity index (χ4n) is 2.07. The van der Waals surface area contributed by atoms with Crippen LogP contribution in [0.15, 0.2) is 18.7 Å². The lowest BCUT2D eigenvalue weighted by Gasteiger charge is -2.22. The fourth-order valence-corrected chi connectivity index (χ4v) is 2.07. The average molecular weight is 202 g/mol. The maximum Gasteiger partial charge on any atom is -0.0132 e. The van der Waals surface area contributed by atoms with Crippen molar-refractivity contribution in [2.45, 2.75) is 47.0 Å². The van der Waals surface area contributed by atoms with Crippen LogP contribution in [-0.4, -0.2) is 0 Å². The summed E-state index contributed by atoms with van der Waals surface area (Å²) >= 11 is 0. The Kier molecular flexibility index (Phi) is 3.08. The molecule has 0 heterocycles. The van der Waals surface area contributed by atoms with Crippen LogP contribution in [0.5, 0.6) is 0 Å². The van der Waals surface area contributed by atoms with Crippen LogP contribution in [0.1, 0.15) is 49.9 Å². The molecular formula is C15H22. The summed E-state index contributed by atoms with van der Waals surface area (Å²) in [5, 5.41) is 0. The van der Waals surface area contributed by atoms with Crippen LogP contribution in [0, 0.1) is 13.8 Å². The Labute approximate surface area is 94.0 Å². The predicted molar refractivity (Wildman–Crippen MR) is 69.3 cm³/mol. The Hall–Kier alpha value is -1.04. The van der Waals surface area contributed by atoms with Gasteiger partial charge in [0.05, 0.1) is 0 Å². The Balaban J connectivity index is 3.39. The number of rotatable bonds is 1. The average Bonchev–Trinajstić information content (AvgIpc) is 1.99. The van der Waals surface area contributed by atoms with Gasteiger partial charge in [0.1, 0.15) is 0 Å². The molecule has 0 aromatic heterocycles. The molecule has 0 amide bonds. The van der Waals surface area contributed by atoms with Gasteiger partial charge in [-0.25, -0.2) is 0 Å². The second-order valence-corrected chi connectivity index (χ2v) is 5.52. The van der Waals surface area contributed by atoms with E-state index >= 15 is 0 Å². The van der Waals surface area contributed by atoms with E-state index in [0.717, 1.165) is 5.57 Å². The van der Waals surface area contributed by atoms with Crippen LogP contribution in [0.3, 0.4) is 0 Å². The Morgan fingerprint density at radius 1 is 1.07 bits per heavy atom. The monoisotopic (exact) mass is 202 g/mol. The molecule has 0 atom stereocenters. The normalized spacial score (nSPS) is 11.6. The van der Waals surface area contributed by atoms with Crippen LogP contribution in [0.25, 0.3) is 5.57 Å². The SMILES string of the molecule is C=C(C)c1c(C)cc(C(C)(C)C)cc1C. The number of hydrogen-bond acceptors (Lipinski definition) is 0. The van der Waals surface area contributed by atoms with Gasteiger partial charge in [0.2, 0.25) is 0 Å². The molecule has 1 aromatic rings. The van der Waals surface area contributed by atoms with Gasteiger partial charge in [0.25, 0.3) is 0 Å². The highest BCUT2D eigenvalue weighted by Gasteiger charge is 2.16. The number of aryl methyl sites for hydroxylation is 2. The van der Waals surface area contributed by atoms with Gasteiger partial charge in [-0.15, -0.1) is 0 Å². The lowest BCUT2D eigenvalue weighted by molar-refractivity contribution is 0.589. The van der Waals surface area contributed by atoms with Gasteiger partial charge in [-0.05, 0) is 48.4 Å². The molecule has 0 unspecified atom stereocenters. The molecule has 0 saturated heterocycles. The van der Waals surface area contributed by atoms with Gasteiger partial charge >= 0.3 is 0 Å². The van der Waals surface area contributed by atoms with Crippen molar-refractivity contribution in [3.05, 3.63) is 41.0 Å². The molecule has 0 aliphatic carbocycles. The molecule has 0 N–H and O–H groups in total. The van der Waals surface area contributed by atoms with Gasteiger partial charge in [-0.2, -0.15) is 0 Å². The highest BCUT2D eigenvalue weighted by molar-refractivity contribution is 5.68. The van der Waals surface area contributed by atoms with Crippen LogP contribution in [0.4, 0.5) is 0 Å². The Morgan fingerprint density at radius 2 is 1.47 bits per heavy atom. The van der Waals surface area contributed by atoms with Gasteiger partial charge in [-0.3, -0.25) is 0 Å². The third kappa shape index (κ3) is 2.50. The molecule has 0 spiro atoms. The first kappa shape index (κ1) is 12.0. The number of allylic oxidation sites excluding steroid dienone is 1. The van der Waals surface area contributed by atoms with Crippen molar-refractivity contribution >= 4 is 5.57 Å². The first-order chi connectivity index (χ1) is 6.73. The van der Waals surface area contributed by atoms with Crippen molar-refractivity contribution in [3.8, 4) is 0 Å². The van der Waals surface area contributed by atoms with E-state index in [1.807, 2.05) is 0 Å². The third-order valence-electron chi connectivity index (χ3n) is 2.83. The zero-order chi connectivity index (χ0) is 11.8. The van der Waals surface area contributed by atoms with E-state index < -0.39 is 0 Å². The minimum absolute atomic E-state index is 0.225. The molecule has 0 bridgehead atoms. The molecule has 0 aliphatic rings. The van der Waals surface area contributed by atoms with Crippen LogP contribution in [-0.2, 0) is 5.41 Å². The maximum atomic E-state index is 4.04. The molecule has 0 aliphatic heterocycles. The maximum absolute atomic E-state index is 4.04. The minimum Gasteiger partial charge on any atom is -0.0955 e. The fraction of sp³-hybridized carbons (Fsp3) is 0.467. The van der Waals surface area contributed by atoms with Crippen molar-refractivity contribution in [2.75, 3.05) is 0 Å². The summed E-state index contributed by atoms with van der Waals surface area (Å²) in [6, 6.07) is 4.58. The zero-order valence-corrected chi connectivity index (χ0v) is 10.9. The van der Waals surface area contributed by atoms with Gasteiger partial charge in [-0.1, -0.05) is 45.1 Å². The first-order valence-corrected chi connectivity index (χ1v) is 5.51. The lowest BCUT2D eigenvalue weighted by atomic mass is 9.83. The minimum atomic E-state index is 0.225. The summed E-state index contributed by atoms with van der Waals surface area (Å²) in [5.74, 6) is 0. The smallest absolute Gasteiger partial charge is 0.0132 e. The molecule has 0 nitrogen and oxygen atoms in total. The summed E-state index contributed by atoms with van der Waals surface area (Å²) in [6.45, 7) is 17.2. The van der Waals surface area contributed by atoms with Gasteiger partial charge < -0.3 is 0 Å². The Bertz CT molecular complexity index is 366. The van der Waals surface area contributed by atoms with E-state index in [1.54, 1.807) is 0 Å². The lowest BCUT2D eigenvalue weighted by Crippen LogP contribution is -2.12. The van der Waals surface area contributed by atoms with E-state index in [0.29, 0.717) is 0 Å². The molecule has 1 rings (SSSR count). The largest absolute Gasteiger partial charge is 0.0955 e. The van der Waals surface area contributed by atoms with Crippen molar-refractivity contribution in [1.29, 1.82) is 0 Å². The summed E-state index contributed by atoms with van der Waals surface area (Å²) in [5.41, 5.74) is 6.79. The summed E-state index contributed by atoms with van der Waals surface area (Å²) in [7, 11) is 0. The Morgan fingerprint density at radius 3 is 1.73 bits per heavy atom. The molecular weight excluding hydrogens is 180 g/mol. The summed E-state index contributed by atoms with van der Waals surface area (Å²) in [6.07, 6.45) is 0. The molecule has 1 aromatic carbocycles. The topological polar surface area (TPSA) is 0 Å². The van der Waals surface area contributed by atoms with Crippen molar-refractivity contribution in [2.24, 2.45) is 0 Å². The quantitative estimate of drug-likeness (QED) is 0.622. The van der Waals surface area contributed by atoms with Crippen molar-refractivity contribution in [3.63, 3.8) is 0 Å². The number of benzene rings is 1. The van der Waals surface area contributed by atoms with Gasteiger partial charge in [0.15, 0.2) is 0 Å². The molecule has 0 fully saturated rings. The highest BCUT2D eigenvalue weighted by atomic mass is 14.2. The molecule has 15 heavy (non-hydrogen) atoms. The molecule has 0 saturated carbocycles. The third-order valence-corrected chi connectivity index (χ3v) is 2.83. The number of hydrogen-bond donors (Lipinski definition) is 0. The van der Waals surface area contributed by atoms with Crippen LogP contribution in [0.2, 0.25) is 0 Å². The molecule has 0 heteroatoms. The van der Waals surface area contributed by atoms with E-state index in [-0.39, 0.29) is 5.41 Å². The van der Waals surface area contributed by atoms with Crippen molar-refractivity contribution in [1.82, 2.24) is 0 Å². The first-order valence-electron chi connectivity index (χ1n) is 5.51. The predicted octanol–water partition coefficient (Wildman–Crippen LogP) is 4.63. The zero-order valence-electron chi connectivity index (χ0n) is 10.9. The molecule has 82 valence electrons. The van der Waals surface area contributed by atoms with Crippen LogP contribution < -0.4 is 0 Å². The highest BCUT2D eigenvalue weighted by Crippen LogP contribution is 2.29. The van der Waals surface area contributed by atoms with Gasteiger partial charge in [0, 0.05) is 0 Å². The second kappa shape index (κ2) is 3.84.